The van der Waals surface area contributed by atoms with Crippen LogP contribution < -0.4 is 0 Å². The Labute approximate surface area is 192 Å². The Morgan fingerprint density at radius 1 is 0.697 bits per heavy atom. The molecule has 1 unspecified atom stereocenters. The van der Waals surface area contributed by atoms with Crippen molar-refractivity contribution in [3.8, 4) is 0 Å². The van der Waals surface area contributed by atoms with Gasteiger partial charge in [0.2, 0.25) is 0 Å². The first-order chi connectivity index (χ1) is 16.2. The van der Waals surface area contributed by atoms with Crippen molar-refractivity contribution in [1.82, 2.24) is 15.0 Å². The summed E-state index contributed by atoms with van der Waals surface area (Å²) in [5, 5.41) is 21.1. The number of para-hydroxylation sites is 1. The van der Waals surface area contributed by atoms with Crippen molar-refractivity contribution in [3.63, 3.8) is 0 Å². The van der Waals surface area contributed by atoms with Crippen LogP contribution in [0.1, 0.15) is 16.7 Å². The normalized spacial score (nSPS) is 13.9. The van der Waals surface area contributed by atoms with Crippen LogP contribution in [-0.2, 0) is 5.60 Å². The van der Waals surface area contributed by atoms with Crippen LogP contribution in [0.3, 0.4) is 0 Å². The molecule has 5 rings (SSSR count). The minimum absolute atomic E-state index is 0.584. The Balaban J connectivity index is 1.76. The van der Waals surface area contributed by atoms with Crippen LogP contribution in [0.2, 0.25) is 0 Å². The molecule has 5 aromatic rings. The molecule has 0 fully saturated rings. The van der Waals surface area contributed by atoms with Crippen LogP contribution in [0, 0.1) is 0 Å². The molecule has 0 amide bonds. The molecule has 1 atom stereocenters. The highest BCUT2D eigenvalue weighted by Gasteiger charge is 2.34. The predicted octanol–water partition coefficient (Wildman–Crippen LogP) is 6.03. The fourth-order valence-corrected chi connectivity index (χ4v) is 3.89. The molecule has 4 nitrogen and oxygen atoms in total. The molecule has 0 radical (unpaired) electrons. The average Bonchev–Trinajstić information content (AvgIpc) is 3.31. The lowest BCUT2D eigenvalue weighted by Gasteiger charge is -2.29. The topological polar surface area (TPSA) is 50.9 Å². The van der Waals surface area contributed by atoms with Gasteiger partial charge in [-0.05, 0) is 41.0 Å². The zero-order valence-electron chi connectivity index (χ0n) is 18.0. The van der Waals surface area contributed by atoms with E-state index in [9.17, 15) is 5.11 Å². The van der Waals surface area contributed by atoms with Gasteiger partial charge >= 0.3 is 0 Å². The first-order valence-corrected chi connectivity index (χ1v) is 10.8. The summed E-state index contributed by atoms with van der Waals surface area (Å²) in [5.74, 6) is 0. The molecule has 0 bridgehead atoms. The molecule has 0 aliphatic carbocycles. The highest BCUT2D eigenvalue weighted by molar-refractivity contribution is 5.86. The largest absolute Gasteiger partial charge is 0.375 e. The lowest BCUT2D eigenvalue weighted by atomic mass is 9.88. The monoisotopic (exact) mass is 429 g/mol. The molecule has 0 aliphatic heterocycles. The molecule has 4 heteroatoms. The molecule has 0 spiro atoms. The smallest absolute Gasteiger partial charge is 0.150 e. The van der Waals surface area contributed by atoms with E-state index in [4.69, 9.17) is 0 Å². The highest BCUT2D eigenvalue weighted by atomic mass is 16.3. The van der Waals surface area contributed by atoms with E-state index in [0.717, 1.165) is 27.7 Å². The summed E-state index contributed by atoms with van der Waals surface area (Å²) < 4.78 is 1.73. The van der Waals surface area contributed by atoms with Crippen LogP contribution in [0.4, 0.5) is 0 Å². The summed E-state index contributed by atoms with van der Waals surface area (Å²) >= 11 is 0. The van der Waals surface area contributed by atoms with Crippen LogP contribution >= 0.6 is 0 Å². The lowest BCUT2D eigenvalue weighted by Crippen LogP contribution is -2.28. The second-order valence-corrected chi connectivity index (χ2v) is 7.81. The number of hydrogen-bond donors (Lipinski definition) is 1. The summed E-state index contributed by atoms with van der Waals surface area (Å²) in [4.78, 5) is 0. The minimum atomic E-state index is -1.47. The number of hydrogen-bond acceptors (Lipinski definition) is 3. The molecule has 1 heterocycles. The van der Waals surface area contributed by atoms with Crippen molar-refractivity contribution < 1.29 is 5.11 Å². The van der Waals surface area contributed by atoms with Crippen molar-refractivity contribution in [1.29, 1.82) is 0 Å². The number of fused-ring (bicyclic) bond motifs is 1. The molecule has 33 heavy (non-hydrogen) atoms. The van der Waals surface area contributed by atoms with Crippen LogP contribution in [0.15, 0.2) is 121 Å². The van der Waals surface area contributed by atoms with Gasteiger partial charge in [0.05, 0.1) is 11.2 Å². The fraction of sp³-hybridized carbons (Fsp3) is 0.0345. The van der Waals surface area contributed by atoms with Crippen molar-refractivity contribution in [2.45, 2.75) is 5.60 Å². The fourth-order valence-electron chi connectivity index (χ4n) is 3.89. The number of rotatable bonds is 6. The maximum atomic E-state index is 12.4. The third-order valence-electron chi connectivity index (χ3n) is 5.60. The first-order valence-electron chi connectivity index (χ1n) is 10.8. The summed E-state index contributed by atoms with van der Waals surface area (Å²) in [5.41, 5.74) is 3.38. The Morgan fingerprint density at radius 2 is 1.27 bits per heavy atom. The van der Waals surface area contributed by atoms with Gasteiger partial charge in [-0.15, -0.1) is 5.10 Å². The third-order valence-corrected chi connectivity index (χ3v) is 5.60. The quantitative estimate of drug-likeness (QED) is 0.358. The van der Waals surface area contributed by atoms with Crippen molar-refractivity contribution >= 4 is 28.9 Å². The molecule has 0 aliphatic rings. The van der Waals surface area contributed by atoms with Gasteiger partial charge < -0.3 is 5.11 Å². The maximum Gasteiger partial charge on any atom is 0.150 e. The van der Waals surface area contributed by atoms with Crippen LogP contribution in [0.5, 0.6) is 0 Å². The van der Waals surface area contributed by atoms with Crippen molar-refractivity contribution in [2.75, 3.05) is 0 Å². The Morgan fingerprint density at radius 3 is 1.97 bits per heavy atom. The van der Waals surface area contributed by atoms with E-state index in [0.29, 0.717) is 5.70 Å². The Hall–Kier alpha value is -4.28. The van der Waals surface area contributed by atoms with Gasteiger partial charge in [0.15, 0.2) is 5.60 Å². The number of nitrogens with zero attached hydrogens (tertiary/aromatic N) is 3. The molecule has 0 saturated carbocycles. The molecule has 160 valence electrons. The van der Waals surface area contributed by atoms with Gasteiger partial charge in [-0.25, -0.2) is 4.68 Å². The maximum absolute atomic E-state index is 12.4. The van der Waals surface area contributed by atoms with Crippen molar-refractivity contribution in [2.24, 2.45) is 0 Å². The van der Waals surface area contributed by atoms with E-state index in [1.54, 1.807) is 4.68 Å². The van der Waals surface area contributed by atoms with Crippen LogP contribution in [0.25, 0.3) is 28.9 Å². The van der Waals surface area contributed by atoms with Crippen molar-refractivity contribution in [3.05, 3.63) is 138 Å². The Kier molecular flexibility index (Phi) is 5.66. The lowest BCUT2D eigenvalue weighted by molar-refractivity contribution is 0.148. The summed E-state index contributed by atoms with van der Waals surface area (Å²) in [7, 11) is 0. The molecule has 4 aromatic carbocycles. The first kappa shape index (κ1) is 20.6. The van der Waals surface area contributed by atoms with Gasteiger partial charge in [0.1, 0.15) is 5.52 Å². The molecule has 1 aromatic heterocycles. The minimum Gasteiger partial charge on any atom is -0.375 e. The number of aliphatic hydroxyl groups is 1. The molecule has 0 saturated heterocycles. The average molecular weight is 430 g/mol. The van der Waals surface area contributed by atoms with E-state index in [2.05, 4.69) is 10.3 Å². The number of aromatic nitrogens is 3. The SMILES string of the molecule is OC(/C=C/c1ccccc1)(/C(=C/c1ccccc1)n1nnc2ccccc21)c1ccccc1. The summed E-state index contributed by atoms with van der Waals surface area (Å²) in [6, 6.07) is 37.3. The zero-order chi connectivity index (χ0) is 22.5. The molecular formula is C29H23N3O. The van der Waals surface area contributed by atoms with E-state index in [-0.39, 0.29) is 0 Å². The third kappa shape index (κ3) is 4.25. The van der Waals surface area contributed by atoms with Crippen LogP contribution in [-0.4, -0.2) is 20.1 Å². The van der Waals surface area contributed by atoms with Gasteiger partial charge in [0.25, 0.3) is 0 Å². The van der Waals surface area contributed by atoms with Gasteiger partial charge in [0, 0.05) is 0 Å². The Bertz CT molecular complexity index is 1410. The second-order valence-electron chi connectivity index (χ2n) is 7.81. The highest BCUT2D eigenvalue weighted by Crippen LogP contribution is 2.37. The summed E-state index contributed by atoms with van der Waals surface area (Å²) in [6.45, 7) is 0. The summed E-state index contributed by atoms with van der Waals surface area (Å²) in [6.07, 6.45) is 5.72. The van der Waals surface area contributed by atoms with Gasteiger partial charge in [-0.3, -0.25) is 0 Å². The zero-order valence-corrected chi connectivity index (χ0v) is 18.0. The standard InChI is InChI=1S/C29H23N3O/c33-29(25-16-8-3-9-17-25,21-20-23-12-4-1-5-13-23)28(22-24-14-6-2-7-15-24)32-27-19-11-10-18-26(27)30-31-32/h1-22,33H/b21-20+,28-22-. The van der Waals surface area contributed by atoms with Gasteiger partial charge in [-0.2, -0.15) is 0 Å². The van der Waals surface area contributed by atoms with E-state index < -0.39 is 5.60 Å². The predicted molar refractivity (Wildman–Crippen MR) is 134 cm³/mol. The van der Waals surface area contributed by atoms with E-state index >= 15 is 0 Å². The second kappa shape index (κ2) is 9.07. The van der Waals surface area contributed by atoms with E-state index in [1.165, 1.54) is 0 Å². The van der Waals surface area contributed by atoms with E-state index in [1.807, 2.05) is 133 Å². The van der Waals surface area contributed by atoms with Gasteiger partial charge in [-0.1, -0.05) is 114 Å². The molecular weight excluding hydrogens is 406 g/mol. The molecule has 1 N–H and O–H groups in total. The number of benzene rings is 4.